The Bertz CT molecular complexity index is 819. The summed E-state index contributed by atoms with van der Waals surface area (Å²) in [4.78, 5) is 27.4. The monoisotopic (exact) mass is 417 g/mol. The van der Waals surface area contributed by atoms with Gasteiger partial charge in [0.25, 0.3) is 0 Å². The molecule has 2 aliphatic rings. The third-order valence-corrected chi connectivity index (χ3v) is 6.74. The Kier molecular flexibility index (Phi) is 6.11. The lowest BCUT2D eigenvalue weighted by Crippen LogP contribution is -2.52. The Balaban J connectivity index is 1.44. The van der Waals surface area contributed by atoms with Crippen LogP contribution in [0.3, 0.4) is 0 Å². The van der Waals surface area contributed by atoms with Crippen LogP contribution in [0.4, 0.5) is 9.93 Å². The van der Waals surface area contributed by atoms with E-state index in [9.17, 15) is 9.59 Å². The Morgan fingerprint density at radius 3 is 2.61 bits per heavy atom. The van der Waals surface area contributed by atoms with Crippen molar-refractivity contribution in [2.75, 3.05) is 29.9 Å². The summed E-state index contributed by atoms with van der Waals surface area (Å²) in [6.45, 7) is 1.41. The summed E-state index contributed by atoms with van der Waals surface area (Å²) < 4.78 is 0. The molecule has 7 nitrogen and oxygen atoms in total. The minimum atomic E-state index is -0.669. The van der Waals surface area contributed by atoms with Gasteiger partial charge in [0.05, 0.1) is 0 Å². The molecular formula is C19H23N5O2S2. The molecule has 1 saturated heterocycles. The Hall–Kier alpha value is -2.13. The summed E-state index contributed by atoms with van der Waals surface area (Å²) in [6.07, 6.45) is 2.71. The highest BCUT2D eigenvalue weighted by atomic mass is 32.2. The second-order valence-electron chi connectivity index (χ2n) is 7.00. The van der Waals surface area contributed by atoms with Gasteiger partial charge in [-0.2, -0.15) is 11.8 Å². The molecule has 1 saturated carbocycles. The van der Waals surface area contributed by atoms with Crippen molar-refractivity contribution in [1.82, 2.24) is 20.4 Å². The van der Waals surface area contributed by atoms with Gasteiger partial charge in [-0.05, 0) is 18.4 Å². The van der Waals surface area contributed by atoms with E-state index in [4.69, 9.17) is 0 Å². The van der Waals surface area contributed by atoms with E-state index in [1.807, 2.05) is 42.1 Å². The maximum Gasteiger partial charge on any atom is 0.318 e. The van der Waals surface area contributed by atoms with Crippen LogP contribution < -0.4 is 10.6 Å². The van der Waals surface area contributed by atoms with Crippen LogP contribution in [0, 0.1) is 0 Å². The van der Waals surface area contributed by atoms with Crippen molar-refractivity contribution in [3.8, 4) is 0 Å². The zero-order valence-corrected chi connectivity index (χ0v) is 17.1. The molecule has 2 N–H and O–H groups in total. The lowest BCUT2D eigenvalue weighted by molar-refractivity contribution is -0.118. The largest absolute Gasteiger partial charge is 0.326 e. The number of hydrogen-bond acceptors (Lipinski definition) is 6. The molecule has 1 aromatic carbocycles. The van der Waals surface area contributed by atoms with Crippen molar-refractivity contribution in [2.45, 2.75) is 31.2 Å². The molecule has 0 radical (unpaired) electrons. The van der Waals surface area contributed by atoms with Gasteiger partial charge in [-0.15, -0.1) is 10.2 Å². The van der Waals surface area contributed by atoms with Crippen molar-refractivity contribution in [2.24, 2.45) is 0 Å². The molecule has 0 unspecified atom stereocenters. The van der Waals surface area contributed by atoms with Gasteiger partial charge in [-0.3, -0.25) is 10.1 Å². The molecule has 1 atom stereocenters. The van der Waals surface area contributed by atoms with Crippen molar-refractivity contribution in [1.29, 1.82) is 0 Å². The number of nitrogens with one attached hydrogen (secondary N) is 2. The molecule has 4 rings (SSSR count). The number of hydrogen-bond donors (Lipinski definition) is 2. The molecule has 1 aliphatic heterocycles. The molecule has 2 fully saturated rings. The molecule has 9 heteroatoms. The van der Waals surface area contributed by atoms with E-state index in [-0.39, 0.29) is 11.9 Å². The van der Waals surface area contributed by atoms with Crippen molar-refractivity contribution in [3.05, 3.63) is 40.9 Å². The third-order valence-electron chi connectivity index (χ3n) is 4.79. The van der Waals surface area contributed by atoms with Crippen molar-refractivity contribution < 1.29 is 9.59 Å². The maximum atomic E-state index is 12.9. The Morgan fingerprint density at radius 2 is 1.89 bits per heavy atom. The topological polar surface area (TPSA) is 87.2 Å². The number of carbonyl (C=O) groups is 2. The Morgan fingerprint density at radius 1 is 1.14 bits per heavy atom. The normalized spacial score (nSPS) is 17.8. The van der Waals surface area contributed by atoms with Gasteiger partial charge < -0.3 is 10.2 Å². The fourth-order valence-electron chi connectivity index (χ4n) is 3.04. The standard InChI is InChI=1S/C19H23N5O2S2/c25-16(21-18-23-22-17(28-18)14-6-7-14)15(12-13-4-2-1-3-5-13)20-19(26)24-8-10-27-11-9-24/h1-5,14-15H,6-12H2,(H,20,26)(H,21,23,25)/t15-/m0/s1. The fraction of sp³-hybridized carbons (Fsp3) is 0.474. The van der Waals surface area contributed by atoms with E-state index < -0.39 is 6.04 Å². The molecule has 28 heavy (non-hydrogen) atoms. The number of anilines is 1. The minimum Gasteiger partial charge on any atom is -0.326 e. The van der Waals surface area contributed by atoms with Crippen LogP contribution in [0.25, 0.3) is 0 Å². The van der Waals surface area contributed by atoms with Gasteiger partial charge in [-0.25, -0.2) is 4.79 Å². The van der Waals surface area contributed by atoms with Crippen LogP contribution >= 0.6 is 23.1 Å². The number of nitrogens with zero attached hydrogens (tertiary/aromatic N) is 3. The number of rotatable bonds is 6. The number of amides is 3. The van der Waals surface area contributed by atoms with Crippen LogP contribution in [0.15, 0.2) is 30.3 Å². The average Bonchev–Trinajstić information content (AvgIpc) is 3.48. The van der Waals surface area contributed by atoms with Crippen LogP contribution in [0.2, 0.25) is 0 Å². The average molecular weight is 418 g/mol. The van der Waals surface area contributed by atoms with Gasteiger partial charge in [0.1, 0.15) is 11.0 Å². The van der Waals surface area contributed by atoms with Gasteiger partial charge in [0, 0.05) is 36.9 Å². The predicted molar refractivity (Wildman–Crippen MR) is 112 cm³/mol. The second-order valence-corrected chi connectivity index (χ2v) is 9.23. The summed E-state index contributed by atoms with van der Waals surface area (Å²) in [5.41, 5.74) is 0.994. The van der Waals surface area contributed by atoms with E-state index >= 15 is 0 Å². The zero-order valence-electron chi connectivity index (χ0n) is 15.5. The summed E-state index contributed by atoms with van der Waals surface area (Å²) >= 11 is 3.26. The van der Waals surface area contributed by atoms with Crippen molar-refractivity contribution >= 4 is 40.2 Å². The molecule has 0 bridgehead atoms. The van der Waals surface area contributed by atoms with Gasteiger partial charge in [0.15, 0.2) is 0 Å². The van der Waals surface area contributed by atoms with E-state index in [0.717, 1.165) is 34.9 Å². The van der Waals surface area contributed by atoms with Crippen LogP contribution in [0.5, 0.6) is 0 Å². The first-order valence-corrected chi connectivity index (χ1v) is 11.5. The highest BCUT2D eigenvalue weighted by Crippen LogP contribution is 2.42. The summed E-state index contributed by atoms with van der Waals surface area (Å²) in [7, 11) is 0. The quantitative estimate of drug-likeness (QED) is 0.755. The number of benzene rings is 1. The SMILES string of the molecule is O=C(Nc1nnc(C2CC2)s1)[C@H](Cc1ccccc1)NC(=O)N1CCSCC1. The van der Waals surface area contributed by atoms with Crippen molar-refractivity contribution in [3.63, 3.8) is 0 Å². The molecule has 2 heterocycles. The van der Waals surface area contributed by atoms with Crippen LogP contribution in [-0.4, -0.2) is 57.7 Å². The van der Waals surface area contributed by atoms with Gasteiger partial charge >= 0.3 is 6.03 Å². The number of carbonyl (C=O) groups excluding carboxylic acids is 2. The van der Waals surface area contributed by atoms with Gasteiger partial charge in [-0.1, -0.05) is 41.7 Å². The molecule has 3 amide bonds. The molecule has 1 aliphatic carbocycles. The summed E-state index contributed by atoms with van der Waals surface area (Å²) in [6, 6.07) is 8.86. The predicted octanol–water partition coefficient (Wildman–Crippen LogP) is 2.72. The molecule has 2 aromatic rings. The van der Waals surface area contributed by atoms with Crippen LogP contribution in [0.1, 0.15) is 29.3 Å². The fourth-order valence-corrected chi connectivity index (χ4v) is 4.86. The number of urea groups is 1. The molecule has 148 valence electrons. The molecule has 0 spiro atoms. The van der Waals surface area contributed by atoms with Crippen LogP contribution in [-0.2, 0) is 11.2 Å². The van der Waals surface area contributed by atoms with E-state index in [1.165, 1.54) is 11.3 Å². The first kappa shape index (κ1) is 19.2. The second kappa shape index (κ2) is 8.91. The maximum absolute atomic E-state index is 12.9. The van der Waals surface area contributed by atoms with E-state index in [2.05, 4.69) is 20.8 Å². The highest BCUT2D eigenvalue weighted by molar-refractivity contribution is 7.99. The number of aromatic nitrogens is 2. The summed E-state index contributed by atoms with van der Waals surface area (Å²) in [5, 5.41) is 15.5. The summed E-state index contributed by atoms with van der Waals surface area (Å²) in [5.74, 6) is 2.09. The van der Waals surface area contributed by atoms with E-state index in [1.54, 1.807) is 4.90 Å². The number of thioether (sulfide) groups is 1. The van der Waals surface area contributed by atoms with E-state index in [0.29, 0.717) is 30.6 Å². The first-order chi connectivity index (χ1) is 13.7. The highest BCUT2D eigenvalue weighted by Gasteiger charge is 2.29. The lowest BCUT2D eigenvalue weighted by atomic mass is 10.1. The smallest absolute Gasteiger partial charge is 0.318 e. The zero-order chi connectivity index (χ0) is 19.3. The third kappa shape index (κ3) is 5.02. The van der Waals surface area contributed by atoms with Gasteiger partial charge in [0.2, 0.25) is 11.0 Å². The first-order valence-electron chi connectivity index (χ1n) is 9.50. The molecular weight excluding hydrogens is 394 g/mol. The molecule has 1 aromatic heterocycles. The minimum absolute atomic E-state index is 0.188. The lowest BCUT2D eigenvalue weighted by Gasteiger charge is -2.28. The Labute approximate surface area is 172 Å².